The van der Waals surface area contributed by atoms with Gasteiger partial charge in [0.2, 0.25) is 0 Å². The summed E-state index contributed by atoms with van der Waals surface area (Å²) < 4.78 is 24.5. The van der Waals surface area contributed by atoms with E-state index in [0.717, 1.165) is 11.6 Å². The van der Waals surface area contributed by atoms with Gasteiger partial charge in [-0.15, -0.1) is 0 Å². The summed E-state index contributed by atoms with van der Waals surface area (Å²) >= 11 is 0. The fourth-order valence-corrected chi connectivity index (χ4v) is 2.70. The lowest BCUT2D eigenvalue weighted by atomic mass is 10.1. The number of amides is 1. The average molecular weight is 422 g/mol. The van der Waals surface area contributed by atoms with Crippen LogP contribution in [0, 0.1) is 5.82 Å². The number of rotatable bonds is 8. The summed E-state index contributed by atoms with van der Waals surface area (Å²) in [5.74, 6) is -1.22. The number of hydrogen-bond acceptors (Lipinski definition) is 5. The largest absolute Gasteiger partial charge is 0.493 e. The number of hydrazone groups is 1. The Labute approximate surface area is 177 Å². The quantitative estimate of drug-likeness (QED) is 0.424. The number of carboxylic acid groups (broad SMARTS) is 1. The first-order chi connectivity index (χ1) is 15.0. The number of nitrogens with one attached hydrogen (secondary N) is 1. The Morgan fingerprint density at radius 3 is 2.48 bits per heavy atom. The first-order valence-corrected chi connectivity index (χ1v) is 9.19. The zero-order valence-corrected chi connectivity index (χ0v) is 16.5. The number of ether oxygens (including phenoxy) is 2. The van der Waals surface area contributed by atoms with Crippen molar-refractivity contribution in [3.8, 4) is 11.5 Å². The highest BCUT2D eigenvalue weighted by Gasteiger charge is 2.11. The van der Waals surface area contributed by atoms with Crippen molar-refractivity contribution in [2.24, 2.45) is 5.10 Å². The molecule has 0 radical (unpaired) electrons. The average Bonchev–Trinajstić information content (AvgIpc) is 2.78. The van der Waals surface area contributed by atoms with Gasteiger partial charge in [-0.25, -0.2) is 14.6 Å². The Morgan fingerprint density at radius 1 is 1.06 bits per heavy atom. The highest BCUT2D eigenvalue weighted by molar-refractivity contribution is 5.95. The molecule has 0 aliphatic rings. The van der Waals surface area contributed by atoms with E-state index >= 15 is 0 Å². The van der Waals surface area contributed by atoms with E-state index < -0.39 is 17.7 Å². The zero-order chi connectivity index (χ0) is 22.2. The summed E-state index contributed by atoms with van der Waals surface area (Å²) in [6.07, 6.45) is 1.39. The number of hydrogen-bond donors (Lipinski definition) is 2. The first-order valence-electron chi connectivity index (χ1n) is 9.19. The molecule has 0 aliphatic carbocycles. The number of nitrogens with zero attached hydrogens (tertiary/aromatic N) is 1. The van der Waals surface area contributed by atoms with Crippen molar-refractivity contribution in [1.82, 2.24) is 5.43 Å². The molecule has 0 fully saturated rings. The molecule has 1 amide bonds. The Balaban J connectivity index is 1.73. The molecular weight excluding hydrogens is 403 g/mol. The molecule has 7 nitrogen and oxygen atoms in total. The molecule has 8 heteroatoms. The lowest BCUT2D eigenvalue weighted by Gasteiger charge is -2.13. The fraction of sp³-hybridized carbons (Fsp3) is 0.0870. The molecule has 0 spiro atoms. The predicted octanol–water partition coefficient (Wildman–Crippen LogP) is 3.88. The zero-order valence-electron chi connectivity index (χ0n) is 16.5. The van der Waals surface area contributed by atoms with Crippen LogP contribution in [0.25, 0.3) is 0 Å². The number of carbonyl (C=O) groups is 2. The molecule has 0 saturated heterocycles. The lowest BCUT2D eigenvalue weighted by Crippen LogP contribution is -2.17. The molecule has 3 rings (SSSR count). The van der Waals surface area contributed by atoms with E-state index in [-0.39, 0.29) is 17.7 Å². The van der Waals surface area contributed by atoms with Crippen LogP contribution in [0.5, 0.6) is 11.5 Å². The van der Waals surface area contributed by atoms with Crippen molar-refractivity contribution in [3.05, 3.63) is 94.8 Å². The maximum Gasteiger partial charge on any atom is 0.335 e. The normalized spacial score (nSPS) is 10.6. The van der Waals surface area contributed by atoms with E-state index in [1.165, 1.54) is 43.7 Å². The maximum atomic E-state index is 13.3. The molecule has 0 heterocycles. The van der Waals surface area contributed by atoms with Crippen LogP contribution < -0.4 is 14.9 Å². The van der Waals surface area contributed by atoms with Crippen molar-refractivity contribution >= 4 is 18.1 Å². The van der Waals surface area contributed by atoms with E-state index in [4.69, 9.17) is 14.6 Å². The van der Waals surface area contributed by atoms with Gasteiger partial charge < -0.3 is 14.6 Å². The fourth-order valence-electron chi connectivity index (χ4n) is 2.70. The minimum atomic E-state index is -1.00. The Morgan fingerprint density at radius 2 is 1.81 bits per heavy atom. The van der Waals surface area contributed by atoms with Crippen LogP contribution in [0.3, 0.4) is 0 Å². The number of benzene rings is 3. The van der Waals surface area contributed by atoms with Gasteiger partial charge in [-0.2, -0.15) is 5.10 Å². The third-order valence-corrected chi connectivity index (χ3v) is 4.27. The molecule has 3 aromatic rings. The number of halogens is 1. The number of methoxy groups -OCH3 is 1. The predicted molar refractivity (Wildman–Crippen MR) is 112 cm³/mol. The molecule has 0 saturated carbocycles. The van der Waals surface area contributed by atoms with Gasteiger partial charge in [0.25, 0.3) is 5.91 Å². The number of aromatic carboxylic acids is 1. The van der Waals surface area contributed by atoms with E-state index in [1.807, 2.05) is 0 Å². The summed E-state index contributed by atoms with van der Waals surface area (Å²) in [4.78, 5) is 23.1. The Kier molecular flexibility index (Phi) is 6.95. The highest BCUT2D eigenvalue weighted by Crippen LogP contribution is 2.30. The van der Waals surface area contributed by atoms with E-state index in [9.17, 15) is 14.0 Å². The van der Waals surface area contributed by atoms with Crippen LogP contribution >= 0.6 is 0 Å². The summed E-state index contributed by atoms with van der Waals surface area (Å²) in [5, 5.41) is 12.9. The lowest BCUT2D eigenvalue weighted by molar-refractivity contribution is 0.0696. The molecule has 0 atom stereocenters. The first kappa shape index (κ1) is 21.5. The molecule has 31 heavy (non-hydrogen) atoms. The molecule has 2 N–H and O–H groups in total. The molecular formula is C23H19FN2O5. The van der Waals surface area contributed by atoms with E-state index in [1.54, 1.807) is 30.3 Å². The second kappa shape index (κ2) is 10.0. The summed E-state index contributed by atoms with van der Waals surface area (Å²) in [6.45, 7) is 0.163. The number of para-hydroxylation sites is 1. The van der Waals surface area contributed by atoms with Gasteiger partial charge in [-0.05, 0) is 48.0 Å². The van der Waals surface area contributed by atoms with Gasteiger partial charge >= 0.3 is 5.97 Å². The van der Waals surface area contributed by atoms with Gasteiger partial charge in [0, 0.05) is 11.1 Å². The highest BCUT2D eigenvalue weighted by atomic mass is 19.1. The summed E-state index contributed by atoms with van der Waals surface area (Å²) in [6, 6.07) is 16.8. The summed E-state index contributed by atoms with van der Waals surface area (Å²) in [5.41, 5.74) is 3.97. The van der Waals surface area contributed by atoms with Crippen LogP contribution in [0.2, 0.25) is 0 Å². The molecule has 0 aromatic heterocycles. The Hall–Kier alpha value is -4.20. The molecule has 0 bridgehead atoms. The van der Waals surface area contributed by atoms with Gasteiger partial charge in [0.05, 0.1) is 18.9 Å². The Bertz CT molecular complexity index is 1110. The monoisotopic (exact) mass is 422 g/mol. The van der Waals surface area contributed by atoms with Crippen LogP contribution in [0.15, 0.2) is 71.8 Å². The second-order valence-electron chi connectivity index (χ2n) is 6.38. The van der Waals surface area contributed by atoms with Crippen molar-refractivity contribution in [2.45, 2.75) is 6.61 Å². The van der Waals surface area contributed by atoms with Crippen molar-refractivity contribution in [1.29, 1.82) is 0 Å². The van der Waals surface area contributed by atoms with Gasteiger partial charge in [-0.3, -0.25) is 4.79 Å². The smallest absolute Gasteiger partial charge is 0.335 e. The van der Waals surface area contributed by atoms with Crippen LogP contribution in [0.4, 0.5) is 4.39 Å². The van der Waals surface area contributed by atoms with Crippen molar-refractivity contribution < 1.29 is 28.6 Å². The van der Waals surface area contributed by atoms with E-state index in [2.05, 4.69) is 10.5 Å². The third-order valence-electron chi connectivity index (χ3n) is 4.27. The van der Waals surface area contributed by atoms with Crippen molar-refractivity contribution in [3.63, 3.8) is 0 Å². The standard InChI is InChI=1S/C23H19FN2O5/c1-30-20-7-3-5-18(13-25-26-22(27)17-4-2-6-19(24)12-17)21(20)31-14-15-8-10-16(11-9-15)23(28)29/h2-13H,14H2,1H3,(H,26,27)(H,28,29)/b25-13-. The molecule has 3 aromatic carbocycles. The number of carbonyl (C=O) groups excluding carboxylic acids is 1. The second-order valence-corrected chi connectivity index (χ2v) is 6.38. The minimum Gasteiger partial charge on any atom is -0.493 e. The van der Waals surface area contributed by atoms with Crippen LogP contribution in [-0.2, 0) is 6.61 Å². The molecule has 0 unspecified atom stereocenters. The maximum absolute atomic E-state index is 13.3. The van der Waals surface area contributed by atoms with Crippen molar-refractivity contribution in [2.75, 3.05) is 7.11 Å². The van der Waals surface area contributed by atoms with Crippen LogP contribution in [-0.4, -0.2) is 30.3 Å². The SMILES string of the molecule is COc1cccc(/C=N\NC(=O)c2cccc(F)c2)c1OCc1ccc(C(=O)O)cc1. The van der Waals surface area contributed by atoms with Gasteiger partial charge in [0.15, 0.2) is 11.5 Å². The van der Waals surface area contributed by atoms with Gasteiger partial charge in [-0.1, -0.05) is 24.3 Å². The van der Waals surface area contributed by atoms with Gasteiger partial charge in [0.1, 0.15) is 12.4 Å². The minimum absolute atomic E-state index is 0.143. The topological polar surface area (TPSA) is 97.2 Å². The third kappa shape index (κ3) is 5.66. The number of carboxylic acids is 1. The summed E-state index contributed by atoms with van der Waals surface area (Å²) in [7, 11) is 1.50. The molecule has 0 aliphatic heterocycles. The molecule has 158 valence electrons. The van der Waals surface area contributed by atoms with Crippen LogP contribution in [0.1, 0.15) is 31.8 Å². The van der Waals surface area contributed by atoms with E-state index in [0.29, 0.717) is 17.1 Å².